The molecule has 0 bridgehead atoms. The molecule has 9 heteroatoms. The summed E-state index contributed by atoms with van der Waals surface area (Å²) in [5.74, 6) is 0.0587. The molecule has 134 valence electrons. The van der Waals surface area contributed by atoms with Crippen molar-refractivity contribution in [1.82, 2.24) is 14.7 Å². The number of hydrogen-bond acceptors (Lipinski definition) is 6. The van der Waals surface area contributed by atoms with Crippen molar-refractivity contribution < 1.29 is 14.9 Å². The Bertz CT molecular complexity index is 1030. The smallest absolute Gasteiger partial charge is 0.438 e. The van der Waals surface area contributed by atoms with Crippen LogP contribution < -0.4 is 10.2 Å². The van der Waals surface area contributed by atoms with Gasteiger partial charge >= 0.3 is 5.82 Å². The molecule has 0 aliphatic rings. The van der Waals surface area contributed by atoms with Crippen LogP contribution in [0.4, 0.5) is 11.5 Å². The number of rotatable bonds is 4. The third-order valence-electron chi connectivity index (χ3n) is 3.81. The average Bonchev–Trinajstić information content (AvgIpc) is 2.94. The summed E-state index contributed by atoms with van der Waals surface area (Å²) in [4.78, 5) is 16.5. The van der Waals surface area contributed by atoms with Crippen molar-refractivity contribution >= 4 is 11.5 Å². The Kier molecular flexibility index (Phi) is 4.44. The summed E-state index contributed by atoms with van der Waals surface area (Å²) in [5, 5.41) is 25.7. The first-order valence-electron chi connectivity index (χ1n) is 7.73. The molecule has 1 aromatic heterocycles. The van der Waals surface area contributed by atoms with Crippen molar-refractivity contribution in [3.05, 3.63) is 69.2 Å². The Hall–Kier alpha value is -3.62. The summed E-state index contributed by atoms with van der Waals surface area (Å²) in [6, 6.07) is 12.0. The van der Waals surface area contributed by atoms with E-state index in [2.05, 4.69) is 10.1 Å². The number of nitrogens with zero attached hydrogens (tertiary/aromatic N) is 5. The number of aryl methyl sites for hydroxylation is 2. The van der Waals surface area contributed by atoms with Gasteiger partial charge in [-0.05, 0) is 59.5 Å². The van der Waals surface area contributed by atoms with Crippen LogP contribution in [0.5, 0.6) is 5.75 Å². The van der Waals surface area contributed by atoms with Crippen molar-refractivity contribution in [2.24, 2.45) is 4.99 Å². The second kappa shape index (κ2) is 6.71. The number of hydrogen-bond donors (Lipinski definition) is 1. The summed E-state index contributed by atoms with van der Waals surface area (Å²) in [5.41, 5.74) is 2.53. The van der Waals surface area contributed by atoms with E-state index < -0.39 is 10.7 Å². The summed E-state index contributed by atoms with van der Waals surface area (Å²) in [6.07, 6.45) is 0. The van der Waals surface area contributed by atoms with E-state index in [0.717, 1.165) is 15.9 Å². The largest absolute Gasteiger partial charge is 0.497 e. The molecule has 0 atom stereocenters. The van der Waals surface area contributed by atoms with Crippen LogP contribution in [0.15, 0.2) is 47.5 Å². The van der Waals surface area contributed by atoms with Gasteiger partial charge in [-0.25, -0.2) is 4.99 Å². The van der Waals surface area contributed by atoms with E-state index in [-0.39, 0.29) is 5.49 Å². The second-order valence-corrected chi connectivity index (χ2v) is 5.68. The number of ether oxygens (including phenoxy) is 1. The van der Waals surface area contributed by atoms with Gasteiger partial charge in [0.1, 0.15) is 11.4 Å². The fourth-order valence-corrected chi connectivity index (χ4v) is 2.50. The third kappa shape index (κ3) is 3.14. The van der Waals surface area contributed by atoms with Crippen LogP contribution in [0, 0.1) is 24.0 Å². The van der Waals surface area contributed by atoms with Crippen LogP contribution in [0.25, 0.3) is 5.69 Å². The lowest BCUT2D eigenvalue weighted by Crippen LogP contribution is -2.22. The average molecular weight is 355 g/mol. The maximum atomic E-state index is 11.4. The maximum Gasteiger partial charge on any atom is 0.438 e. The maximum absolute atomic E-state index is 11.4. The van der Waals surface area contributed by atoms with E-state index in [0.29, 0.717) is 22.0 Å². The zero-order valence-corrected chi connectivity index (χ0v) is 14.4. The Morgan fingerprint density at radius 3 is 2.46 bits per heavy atom. The van der Waals surface area contributed by atoms with Gasteiger partial charge in [0, 0.05) is 0 Å². The molecule has 0 amide bonds. The molecule has 1 N–H and O–H groups in total. The van der Waals surface area contributed by atoms with Gasteiger partial charge < -0.3 is 20.1 Å². The molecule has 0 saturated heterocycles. The molecule has 9 nitrogen and oxygen atoms in total. The summed E-state index contributed by atoms with van der Waals surface area (Å²) >= 11 is 0. The highest BCUT2D eigenvalue weighted by atomic mass is 16.6. The highest BCUT2D eigenvalue weighted by Crippen LogP contribution is 2.20. The molecule has 0 aliphatic carbocycles. The number of nitro groups is 1. The summed E-state index contributed by atoms with van der Waals surface area (Å²) < 4.78 is 5.08. The Morgan fingerprint density at radius 2 is 1.88 bits per heavy atom. The highest BCUT2D eigenvalue weighted by molar-refractivity contribution is 5.47. The third-order valence-corrected chi connectivity index (χ3v) is 3.81. The second-order valence-electron chi connectivity index (χ2n) is 5.68. The number of aromatic nitrogens is 3. The van der Waals surface area contributed by atoms with Crippen LogP contribution in [-0.4, -0.2) is 32.0 Å². The topological polar surface area (TPSA) is 108 Å². The Balaban J connectivity index is 2.20. The minimum Gasteiger partial charge on any atom is -0.497 e. The molecule has 2 aromatic carbocycles. The van der Waals surface area contributed by atoms with E-state index in [1.807, 2.05) is 26.0 Å². The van der Waals surface area contributed by atoms with Crippen molar-refractivity contribution in [2.75, 3.05) is 7.11 Å². The standard InChI is InChI=1S/C17H17N5O4/c1-11-4-9-15(12(2)10-11)18-16-17(22(24)25)19-20(21(16)23)13-5-7-14(26-3)8-6-13/h4-10,23H,1-3H3. The summed E-state index contributed by atoms with van der Waals surface area (Å²) in [7, 11) is 1.53. The van der Waals surface area contributed by atoms with E-state index in [1.54, 1.807) is 30.3 Å². The molecular formula is C17H17N5O4. The highest BCUT2D eigenvalue weighted by Gasteiger charge is 2.24. The van der Waals surface area contributed by atoms with Gasteiger partial charge in [-0.3, -0.25) is 0 Å². The molecule has 0 unspecified atom stereocenters. The van der Waals surface area contributed by atoms with Gasteiger partial charge in [-0.1, -0.05) is 22.5 Å². The zero-order valence-electron chi connectivity index (χ0n) is 14.4. The number of methoxy groups -OCH3 is 1. The zero-order chi connectivity index (χ0) is 18.8. The molecule has 1 heterocycles. The Morgan fingerprint density at radius 1 is 1.19 bits per heavy atom. The van der Waals surface area contributed by atoms with Gasteiger partial charge in [0.15, 0.2) is 0 Å². The van der Waals surface area contributed by atoms with E-state index in [1.165, 1.54) is 7.11 Å². The van der Waals surface area contributed by atoms with Gasteiger partial charge in [0.05, 0.1) is 17.9 Å². The predicted octanol–water partition coefficient (Wildman–Crippen LogP) is 2.68. The molecule has 0 fully saturated rings. The van der Waals surface area contributed by atoms with Crippen molar-refractivity contribution in [3.8, 4) is 11.4 Å². The molecule has 0 spiro atoms. The normalized spacial score (nSPS) is 11.6. The molecule has 0 saturated carbocycles. The lowest BCUT2D eigenvalue weighted by atomic mass is 10.1. The molecular weight excluding hydrogens is 338 g/mol. The van der Waals surface area contributed by atoms with Crippen molar-refractivity contribution in [1.29, 1.82) is 0 Å². The molecule has 0 aliphatic heterocycles. The van der Waals surface area contributed by atoms with Gasteiger partial charge in [0.2, 0.25) is 0 Å². The van der Waals surface area contributed by atoms with Crippen LogP contribution >= 0.6 is 0 Å². The first-order valence-corrected chi connectivity index (χ1v) is 7.73. The molecule has 3 aromatic rings. The van der Waals surface area contributed by atoms with Crippen molar-refractivity contribution in [3.63, 3.8) is 0 Å². The number of benzene rings is 2. The van der Waals surface area contributed by atoms with Crippen LogP contribution in [0.1, 0.15) is 11.1 Å². The van der Waals surface area contributed by atoms with Gasteiger partial charge in [0.25, 0.3) is 5.49 Å². The van der Waals surface area contributed by atoms with Gasteiger partial charge in [-0.15, -0.1) is 0 Å². The van der Waals surface area contributed by atoms with Crippen molar-refractivity contribution in [2.45, 2.75) is 13.8 Å². The molecule has 0 radical (unpaired) electrons. The van der Waals surface area contributed by atoms with Gasteiger partial charge in [-0.2, -0.15) is 0 Å². The Labute approximate surface area is 148 Å². The predicted molar refractivity (Wildman–Crippen MR) is 93.1 cm³/mol. The van der Waals surface area contributed by atoms with E-state index in [9.17, 15) is 15.3 Å². The first-order chi connectivity index (χ1) is 12.4. The van der Waals surface area contributed by atoms with Crippen LogP contribution in [0.3, 0.4) is 0 Å². The summed E-state index contributed by atoms with van der Waals surface area (Å²) in [6.45, 7) is 3.78. The SMILES string of the molecule is COc1ccc(-n2nc([N+](=O)[O-])c(=Nc3ccc(C)cc3C)n2O)cc1. The van der Waals surface area contributed by atoms with Crippen LogP contribution in [-0.2, 0) is 0 Å². The molecule has 26 heavy (non-hydrogen) atoms. The van der Waals surface area contributed by atoms with E-state index >= 15 is 0 Å². The fourth-order valence-electron chi connectivity index (χ4n) is 2.50. The molecule has 3 rings (SSSR count). The quantitative estimate of drug-likeness (QED) is 0.440. The minimum atomic E-state index is -0.685. The lowest BCUT2D eigenvalue weighted by molar-refractivity contribution is -0.391. The minimum absolute atomic E-state index is 0.266. The van der Waals surface area contributed by atoms with E-state index in [4.69, 9.17) is 4.74 Å². The van der Waals surface area contributed by atoms with Crippen LogP contribution in [0.2, 0.25) is 0 Å². The monoisotopic (exact) mass is 355 g/mol. The lowest BCUT2D eigenvalue weighted by Gasteiger charge is -2.02. The first kappa shape index (κ1) is 17.2. The fraction of sp³-hybridized carbons (Fsp3) is 0.176.